The van der Waals surface area contributed by atoms with E-state index < -0.39 is 0 Å². The SMILES string of the molecule is C=C1C=CC(C2NC(=NCCc3ccncc3)N=C(N3CCOCC3)CC2=C)=CN=C1N. The van der Waals surface area contributed by atoms with Crippen molar-refractivity contribution in [3.8, 4) is 0 Å². The van der Waals surface area contributed by atoms with E-state index in [1.54, 1.807) is 18.6 Å². The molecule has 32 heavy (non-hydrogen) atoms. The normalized spacial score (nSPS) is 23.1. The maximum atomic E-state index is 5.95. The molecule has 4 heterocycles. The van der Waals surface area contributed by atoms with Crippen LogP contribution in [0.15, 0.2) is 87.7 Å². The number of hydrogen-bond acceptors (Lipinski definition) is 6. The van der Waals surface area contributed by atoms with Gasteiger partial charge in [-0.05, 0) is 35.3 Å². The van der Waals surface area contributed by atoms with Crippen molar-refractivity contribution in [1.29, 1.82) is 0 Å². The van der Waals surface area contributed by atoms with Crippen LogP contribution in [0, 0.1) is 0 Å². The van der Waals surface area contributed by atoms with Gasteiger partial charge in [-0.25, -0.2) is 9.98 Å². The molecule has 0 amide bonds. The highest BCUT2D eigenvalue weighted by Gasteiger charge is 2.26. The number of nitrogens with two attached hydrogens (primary N) is 1. The number of guanidine groups is 1. The van der Waals surface area contributed by atoms with E-state index in [2.05, 4.69) is 33.4 Å². The van der Waals surface area contributed by atoms with Gasteiger partial charge in [-0.1, -0.05) is 25.3 Å². The summed E-state index contributed by atoms with van der Waals surface area (Å²) in [6.07, 6.45) is 10.7. The molecule has 1 atom stereocenters. The third-order valence-electron chi connectivity index (χ3n) is 5.58. The Labute approximate surface area is 188 Å². The summed E-state index contributed by atoms with van der Waals surface area (Å²) in [6.45, 7) is 11.9. The molecule has 1 unspecified atom stereocenters. The molecule has 1 aromatic rings. The molecule has 1 fully saturated rings. The Kier molecular flexibility index (Phi) is 6.91. The summed E-state index contributed by atoms with van der Waals surface area (Å²) in [7, 11) is 0. The van der Waals surface area contributed by atoms with E-state index in [1.165, 1.54) is 5.56 Å². The van der Waals surface area contributed by atoms with Crippen molar-refractivity contribution in [1.82, 2.24) is 15.2 Å². The molecule has 1 aromatic heterocycles. The fourth-order valence-corrected chi connectivity index (χ4v) is 3.70. The second-order valence-corrected chi connectivity index (χ2v) is 7.85. The Hall–Kier alpha value is -3.52. The lowest BCUT2D eigenvalue weighted by atomic mass is 9.97. The Balaban J connectivity index is 1.59. The maximum Gasteiger partial charge on any atom is 0.220 e. The first-order valence-electron chi connectivity index (χ1n) is 10.8. The van der Waals surface area contributed by atoms with Gasteiger partial charge in [0.1, 0.15) is 11.7 Å². The predicted octanol–water partition coefficient (Wildman–Crippen LogP) is 2.00. The third-order valence-corrected chi connectivity index (χ3v) is 5.58. The highest BCUT2D eigenvalue weighted by molar-refractivity contribution is 6.00. The lowest BCUT2D eigenvalue weighted by Crippen LogP contribution is -2.41. The Morgan fingerprint density at radius 1 is 1.19 bits per heavy atom. The van der Waals surface area contributed by atoms with Gasteiger partial charge in [0.15, 0.2) is 0 Å². The number of nitrogens with one attached hydrogen (secondary N) is 1. The van der Waals surface area contributed by atoms with Crippen molar-refractivity contribution in [2.45, 2.75) is 18.9 Å². The molecule has 166 valence electrons. The number of nitrogens with zero attached hydrogens (tertiary/aromatic N) is 5. The lowest BCUT2D eigenvalue weighted by Gasteiger charge is -2.29. The minimum Gasteiger partial charge on any atom is -0.383 e. The summed E-state index contributed by atoms with van der Waals surface area (Å²) in [4.78, 5) is 20.4. The molecule has 8 nitrogen and oxygen atoms in total. The molecule has 0 spiro atoms. The first kappa shape index (κ1) is 21.7. The van der Waals surface area contributed by atoms with Gasteiger partial charge in [-0.15, -0.1) is 0 Å². The van der Waals surface area contributed by atoms with Crippen LogP contribution in [0.25, 0.3) is 0 Å². The molecule has 0 saturated carbocycles. The Morgan fingerprint density at radius 3 is 2.75 bits per heavy atom. The molecule has 1 saturated heterocycles. The second-order valence-electron chi connectivity index (χ2n) is 7.85. The first-order valence-corrected chi connectivity index (χ1v) is 10.8. The minimum absolute atomic E-state index is 0.185. The number of aromatic nitrogens is 1. The van der Waals surface area contributed by atoms with Crippen LogP contribution in [0.1, 0.15) is 12.0 Å². The van der Waals surface area contributed by atoms with Gasteiger partial charge in [0.25, 0.3) is 0 Å². The number of hydrogen-bond donors (Lipinski definition) is 2. The van der Waals surface area contributed by atoms with Crippen molar-refractivity contribution in [2.75, 3.05) is 32.8 Å². The monoisotopic (exact) mass is 431 g/mol. The minimum atomic E-state index is -0.185. The molecule has 0 radical (unpaired) electrons. The van der Waals surface area contributed by atoms with Gasteiger partial charge < -0.3 is 20.7 Å². The average Bonchev–Trinajstić information content (AvgIpc) is 3.09. The summed E-state index contributed by atoms with van der Waals surface area (Å²) in [6, 6.07) is 3.82. The fraction of sp³-hybridized carbons (Fsp3) is 0.333. The topological polar surface area (TPSA) is 100 Å². The number of pyridine rings is 1. The number of rotatable bonds is 4. The van der Waals surface area contributed by atoms with Gasteiger partial charge in [0.2, 0.25) is 5.96 Å². The van der Waals surface area contributed by atoms with Crippen molar-refractivity contribution < 1.29 is 4.74 Å². The average molecular weight is 432 g/mol. The molecule has 0 bridgehead atoms. The summed E-state index contributed by atoms with van der Waals surface area (Å²) in [5.41, 5.74) is 9.76. The van der Waals surface area contributed by atoms with E-state index >= 15 is 0 Å². The zero-order valence-electron chi connectivity index (χ0n) is 18.2. The zero-order chi connectivity index (χ0) is 22.3. The van der Waals surface area contributed by atoms with E-state index in [4.69, 9.17) is 20.5 Å². The van der Waals surface area contributed by atoms with Gasteiger partial charge in [0.05, 0.1) is 19.3 Å². The van der Waals surface area contributed by atoms with Gasteiger partial charge in [-0.3, -0.25) is 9.98 Å². The van der Waals surface area contributed by atoms with Gasteiger partial charge in [-0.2, -0.15) is 0 Å². The van der Waals surface area contributed by atoms with E-state index in [0.717, 1.165) is 36.5 Å². The smallest absolute Gasteiger partial charge is 0.220 e. The Morgan fingerprint density at radius 2 is 1.97 bits per heavy atom. The molecule has 3 aliphatic rings. The molecular formula is C24H29N7O. The molecule has 4 rings (SSSR count). The van der Waals surface area contributed by atoms with Gasteiger partial charge in [0, 0.05) is 50.2 Å². The van der Waals surface area contributed by atoms with Crippen molar-refractivity contribution in [3.63, 3.8) is 0 Å². The van der Waals surface area contributed by atoms with Crippen LogP contribution in [-0.2, 0) is 11.2 Å². The fourth-order valence-electron chi connectivity index (χ4n) is 3.70. The summed E-state index contributed by atoms with van der Waals surface area (Å²) in [5.74, 6) is 1.96. The van der Waals surface area contributed by atoms with Crippen molar-refractivity contribution in [2.24, 2.45) is 20.7 Å². The second kappa shape index (κ2) is 10.2. The van der Waals surface area contributed by atoms with E-state index in [1.807, 2.05) is 24.3 Å². The highest BCUT2D eigenvalue weighted by Crippen LogP contribution is 2.22. The molecule has 0 aliphatic carbocycles. The van der Waals surface area contributed by atoms with Crippen LogP contribution in [-0.4, -0.2) is 66.4 Å². The van der Waals surface area contributed by atoms with Crippen LogP contribution < -0.4 is 11.1 Å². The van der Waals surface area contributed by atoms with E-state index in [0.29, 0.717) is 43.5 Å². The predicted molar refractivity (Wildman–Crippen MR) is 129 cm³/mol. The molecule has 0 aromatic carbocycles. The van der Waals surface area contributed by atoms with Crippen LogP contribution in [0.4, 0.5) is 0 Å². The number of aliphatic imine (C=N–C) groups is 3. The standard InChI is InChI=1S/C24H29N7O/c1-17-3-4-20(16-28-23(17)25)22-18(2)15-21(31-11-13-32-14-12-31)29-24(30-22)27-10-7-19-5-8-26-9-6-19/h3-6,8-9,16,22H,1-2,7,10-15H2,(H2,25,28)(H,27,30). The third kappa shape index (κ3) is 5.39. The van der Waals surface area contributed by atoms with Gasteiger partial charge >= 0.3 is 0 Å². The number of morpholine rings is 1. The van der Waals surface area contributed by atoms with Crippen LogP contribution in [0.2, 0.25) is 0 Å². The van der Waals surface area contributed by atoms with Crippen LogP contribution >= 0.6 is 0 Å². The van der Waals surface area contributed by atoms with Crippen LogP contribution in [0.5, 0.6) is 0 Å². The highest BCUT2D eigenvalue weighted by atomic mass is 16.5. The lowest BCUT2D eigenvalue weighted by molar-refractivity contribution is 0.0674. The maximum absolute atomic E-state index is 5.95. The molecular weight excluding hydrogens is 402 g/mol. The summed E-state index contributed by atoms with van der Waals surface area (Å²) >= 11 is 0. The Bertz CT molecular complexity index is 1010. The van der Waals surface area contributed by atoms with E-state index in [-0.39, 0.29) is 6.04 Å². The van der Waals surface area contributed by atoms with E-state index in [9.17, 15) is 0 Å². The largest absolute Gasteiger partial charge is 0.383 e. The number of ether oxygens (including phenoxy) is 1. The quantitative estimate of drug-likeness (QED) is 0.710. The van der Waals surface area contributed by atoms with Crippen LogP contribution in [0.3, 0.4) is 0 Å². The first-order chi connectivity index (χ1) is 15.6. The number of amidine groups is 2. The van der Waals surface area contributed by atoms with Crippen molar-refractivity contribution >= 4 is 17.6 Å². The summed E-state index contributed by atoms with van der Waals surface area (Å²) in [5, 5.41) is 3.48. The van der Waals surface area contributed by atoms with Crippen molar-refractivity contribution in [3.05, 3.63) is 78.3 Å². The molecule has 3 N–H and O–H groups in total. The zero-order valence-corrected chi connectivity index (χ0v) is 18.2. The summed E-state index contributed by atoms with van der Waals surface area (Å²) < 4.78 is 5.52. The molecule has 8 heteroatoms. The molecule has 3 aliphatic heterocycles.